The molecule has 0 saturated heterocycles. The Bertz CT molecular complexity index is 762. The summed E-state index contributed by atoms with van der Waals surface area (Å²) in [5, 5.41) is 8.84. The number of allylic oxidation sites excluding steroid dienone is 4. The van der Waals surface area contributed by atoms with E-state index >= 15 is 0 Å². The number of ether oxygens (including phenoxy) is 2. The smallest absolute Gasteiger partial charge is 0.285 e. The molecule has 0 unspecified atom stereocenters. The Morgan fingerprint density at radius 3 is 2.41 bits per heavy atom. The molecule has 0 spiro atoms. The summed E-state index contributed by atoms with van der Waals surface area (Å²) in [6.07, 6.45) is 6.42. The van der Waals surface area contributed by atoms with Gasteiger partial charge in [-0.1, -0.05) is 42.4 Å². The van der Waals surface area contributed by atoms with Crippen LogP contribution >= 0.6 is 0 Å². The number of nitriles is 1. The van der Waals surface area contributed by atoms with E-state index in [-0.39, 0.29) is 5.78 Å². The summed E-state index contributed by atoms with van der Waals surface area (Å²) >= 11 is 0. The summed E-state index contributed by atoms with van der Waals surface area (Å²) in [4.78, 5) is 11.7. The lowest BCUT2D eigenvalue weighted by atomic mass is 10.1. The van der Waals surface area contributed by atoms with Crippen LogP contribution in [0.25, 0.3) is 6.08 Å². The van der Waals surface area contributed by atoms with Crippen molar-refractivity contribution in [3.8, 4) is 6.07 Å². The summed E-state index contributed by atoms with van der Waals surface area (Å²) in [7, 11) is 1.52. The molecule has 4 heteroatoms. The van der Waals surface area contributed by atoms with E-state index < -0.39 is 0 Å². The quantitative estimate of drug-likeness (QED) is 0.235. The van der Waals surface area contributed by atoms with E-state index in [0.717, 1.165) is 24.0 Å². The normalized spacial score (nSPS) is 12.9. The largest absolute Gasteiger partial charge is 0.468 e. The topological polar surface area (TPSA) is 59.3 Å². The van der Waals surface area contributed by atoms with Gasteiger partial charge in [-0.3, -0.25) is 4.79 Å². The third kappa shape index (κ3) is 7.96. The number of carbonyl (C=O) groups is 1. The maximum absolute atomic E-state index is 11.7. The Hall–Kier alpha value is -2.80. The molecular weight excluding hydrogens is 338 g/mol. The van der Waals surface area contributed by atoms with Gasteiger partial charge in [-0.2, -0.15) is 5.26 Å². The molecule has 0 aromatic heterocycles. The van der Waals surface area contributed by atoms with Crippen molar-refractivity contribution < 1.29 is 14.3 Å². The highest BCUT2D eigenvalue weighted by molar-refractivity contribution is 5.94. The number of nitrogens with zero attached hydrogens (tertiary/aromatic N) is 1. The number of ketones is 1. The average Bonchev–Trinajstić information content (AvgIpc) is 2.67. The minimum Gasteiger partial charge on any atom is -0.468 e. The minimum atomic E-state index is 0.0338. The molecule has 0 amide bonds. The number of hydrogen-bond donors (Lipinski definition) is 0. The third-order valence-electron chi connectivity index (χ3n) is 4.09. The lowest BCUT2D eigenvalue weighted by Crippen LogP contribution is -2.07. The van der Waals surface area contributed by atoms with Gasteiger partial charge in [0, 0.05) is 6.42 Å². The molecule has 0 aliphatic rings. The van der Waals surface area contributed by atoms with Crippen molar-refractivity contribution in [3.05, 3.63) is 64.1 Å². The second-order valence-corrected chi connectivity index (χ2v) is 6.46. The first-order chi connectivity index (χ1) is 12.9. The van der Waals surface area contributed by atoms with E-state index in [1.54, 1.807) is 6.92 Å². The van der Waals surface area contributed by atoms with E-state index in [1.807, 2.05) is 31.2 Å². The van der Waals surface area contributed by atoms with Crippen LogP contribution in [0.3, 0.4) is 0 Å². The Morgan fingerprint density at radius 2 is 1.85 bits per heavy atom. The van der Waals surface area contributed by atoms with E-state index in [0.29, 0.717) is 30.1 Å². The molecule has 0 bridgehead atoms. The average molecular weight is 367 g/mol. The van der Waals surface area contributed by atoms with Gasteiger partial charge in [0.15, 0.2) is 5.78 Å². The molecule has 0 N–H and O–H groups in total. The molecule has 144 valence electrons. The number of rotatable bonds is 10. The van der Waals surface area contributed by atoms with Crippen LogP contribution in [0.5, 0.6) is 0 Å². The van der Waals surface area contributed by atoms with Crippen LogP contribution in [-0.4, -0.2) is 19.5 Å². The number of carbonyl (C=O) groups excluding carboxylic acids is 1. The Balaban J connectivity index is 2.55. The van der Waals surface area contributed by atoms with E-state index in [1.165, 1.54) is 12.7 Å². The van der Waals surface area contributed by atoms with Crippen molar-refractivity contribution in [1.29, 1.82) is 5.26 Å². The molecule has 0 aliphatic heterocycles. The SMILES string of the molecule is CCC(=O)/C(C)=C(/OC)OCCC/C(C)=C/C(C)=C/c1ccc(C#N)cc1. The van der Waals surface area contributed by atoms with Crippen LogP contribution in [0.2, 0.25) is 0 Å². The van der Waals surface area contributed by atoms with Crippen LogP contribution in [0, 0.1) is 11.3 Å². The molecular formula is C23H29NO3. The second kappa shape index (κ2) is 11.7. The standard InChI is InChI=1S/C23H29NO3/c1-6-22(25)19(4)23(26-5)27-13-7-8-17(2)14-18(3)15-20-9-11-21(16-24)12-10-20/h9-12,14-15H,6-8,13H2,1-5H3/b17-14+,18-15+,23-19-. The molecule has 1 aromatic rings. The Kier molecular flexibility index (Phi) is 9.68. The van der Waals surface area contributed by atoms with Gasteiger partial charge >= 0.3 is 0 Å². The Morgan fingerprint density at radius 1 is 1.19 bits per heavy atom. The highest BCUT2D eigenvalue weighted by atomic mass is 16.7. The highest BCUT2D eigenvalue weighted by Gasteiger charge is 2.11. The summed E-state index contributed by atoms with van der Waals surface area (Å²) in [5.41, 5.74) is 4.68. The maximum Gasteiger partial charge on any atom is 0.285 e. The third-order valence-corrected chi connectivity index (χ3v) is 4.09. The summed E-state index contributed by atoms with van der Waals surface area (Å²) in [6.45, 7) is 8.20. The zero-order chi connectivity index (χ0) is 20.2. The number of methoxy groups -OCH3 is 1. The van der Waals surface area contributed by atoms with E-state index in [9.17, 15) is 4.79 Å². The zero-order valence-corrected chi connectivity index (χ0v) is 17.0. The predicted molar refractivity (Wildman–Crippen MR) is 109 cm³/mol. The summed E-state index contributed by atoms with van der Waals surface area (Å²) in [5.74, 6) is 0.354. The van der Waals surface area contributed by atoms with Crippen molar-refractivity contribution in [2.75, 3.05) is 13.7 Å². The van der Waals surface area contributed by atoms with Crippen molar-refractivity contribution in [3.63, 3.8) is 0 Å². The van der Waals surface area contributed by atoms with Crippen LogP contribution in [0.15, 0.2) is 53.0 Å². The summed E-state index contributed by atoms with van der Waals surface area (Å²) < 4.78 is 10.8. The fourth-order valence-electron chi connectivity index (χ4n) is 2.63. The van der Waals surface area contributed by atoms with Crippen LogP contribution in [0.1, 0.15) is 58.1 Å². The van der Waals surface area contributed by atoms with Gasteiger partial charge in [0.25, 0.3) is 5.95 Å². The second-order valence-electron chi connectivity index (χ2n) is 6.46. The first-order valence-electron chi connectivity index (χ1n) is 9.17. The van der Waals surface area contributed by atoms with Gasteiger partial charge in [-0.15, -0.1) is 0 Å². The van der Waals surface area contributed by atoms with Crippen LogP contribution in [0.4, 0.5) is 0 Å². The minimum absolute atomic E-state index is 0.0338. The molecule has 4 nitrogen and oxygen atoms in total. The van der Waals surface area contributed by atoms with E-state index in [2.05, 4.69) is 32.1 Å². The Labute approximate surface area is 162 Å². The number of hydrogen-bond acceptors (Lipinski definition) is 4. The van der Waals surface area contributed by atoms with Gasteiger partial charge in [-0.25, -0.2) is 0 Å². The lowest BCUT2D eigenvalue weighted by Gasteiger charge is -2.11. The number of benzene rings is 1. The van der Waals surface area contributed by atoms with Gasteiger partial charge in [0.05, 0.1) is 30.9 Å². The first kappa shape index (κ1) is 22.2. The zero-order valence-electron chi connectivity index (χ0n) is 17.0. The fraction of sp³-hybridized carbons (Fsp3) is 0.391. The van der Waals surface area contributed by atoms with Crippen LogP contribution < -0.4 is 0 Å². The van der Waals surface area contributed by atoms with Gasteiger partial charge in [0.1, 0.15) is 0 Å². The van der Waals surface area contributed by atoms with Gasteiger partial charge in [0.2, 0.25) is 0 Å². The molecule has 1 rings (SSSR count). The van der Waals surface area contributed by atoms with E-state index in [4.69, 9.17) is 14.7 Å². The maximum atomic E-state index is 11.7. The molecule has 27 heavy (non-hydrogen) atoms. The lowest BCUT2D eigenvalue weighted by molar-refractivity contribution is -0.115. The predicted octanol–water partition coefficient (Wildman–Crippen LogP) is 5.56. The number of Topliss-reactive ketones (excluding diaryl/α,β-unsaturated/α-hetero) is 1. The van der Waals surface area contributed by atoms with Crippen molar-refractivity contribution in [2.24, 2.45) is 0 Å². The van der Waals surface area contributed by atoms with Crippen molar-refractivity contribution in [1.82, 2.24) is 0 Å². The fourth-order valence-corrected chi connectivity index (χ4v) is 2.63. The molecule has 0 saturated carbocycles. The molecule has 1 aromatic carbocycles. The van der Waals surface area contributed by atoms with Gasteiger partial charge in [-0.05, 0) is 51.3 Å². The molecule has 0 atom stereocenters. The van der Waals surface area contributed by atoms with Crippen LogP contribution in [-0.2, 0) is 14.3 Å². The summed E-state index contributed by atoms with van der Waals surface area (Å²) in [6, 6.07) is 9.64. The molecule has 0 fully saturated rings. The highest BCUT2D eigenvalue weighted by Crippen LogP contribution is 2.15. The first-order valence-corrected chi connectivity index (χ1v) is 9.17. The molecule has 0 aliphatic carbocycles. The monoisotopic (exact) mass is 367 g/mol. The molecule has 0 heterocycles. The van der Waals surface area contributed by atoms with Gasteiger partial charge < -0.3 is 9.47 Å². The van der Waals surface area contributed by atoms with Crippen molar-refractivity contribution >= 4 is 11.9 Å². The molecule has 0 radical (unpaired) electrons. The van der Waals surface area contributed by atoms with Crippen molar-refractivity contribution in [2.45, 2.75) is 47.0 Å².